The number of halogens is 4. The van der Waals surface area contributed by atoms with Crippen molar-refractivity contribution in [1.29, 1.82) is 0 Å². The predicted octanol–water partition coefficient (Wildman–Crippen LogP) is 4.67. The Morgan fingerprint density at radius 3 is 2.61 bits per heavy atom. The summed E-state index contributed by atoms with van der Waals surface area (Å²) in [5.41, 5.74) is 11.4. The number of ether oxygens (including phenoxy) is 2. The molecule has 0 radical (unpaired) electrons. The molecule has 0 aromatic heterocycles. The molecular formula is C22H20F4N4O3. The van der Waals surface area contributed by atoms with Gasteiger partial charge >= 0.3 is 6.36 Å². The van der Waals surface area contributed by atoms with Crippen molar-refractivity contribution in [2.45, 2.75) is 43.5 Å². The van der Waals surface area contributed by atoms with E-state index in [2.05, 4.69) is 14.8 Å². The molecule has 0 aliphatic carbocycles. The zero-order valence-electron chi connectivity index (χ0n) is 17.3. The molecule has 4 rings (SSSR count). The first-order valence-corrected chi connectivity index (χ1v) is 10.3. The van der Waals surface area contributed by atoms with Crippen LogP contribution in [0.5, 0.6) is 0 Å². The van der Waals surface area contributed by atoms with Crippen LogP contribution in [0.25, 0.3) is 10.4 Å². The van der Waals surface area contributed by atoms with Crippen molar-refractivity contribution in [3.05, 3.63) is 81.5 Å². The average molecular weight is 464 g/mol. The minimum absolute atomic E-state index is 0.252. The molecule has 0 N–H and O–H groups in total. The van der Waals surface area contributed by atoms with Gasteiger partial charge in [-0.05, 0) is 47.2 Å². The number of carbonyl (C=O) groups excluding carboxylic acids is 1. The lowest BCUT2D eigenvalue weighted by Gasteiger charge is -2.41. The Hall–Kier alpha value is -3.14. The maximum absolute atomic E-state index is 13.5. The molecule has 7 nitrogen and oxygen atoms in total. The molecule has 33 heavy (non-hydrogen) atoms. The first kappa shape index (κ1) is 23.0. The van der Waals surface area contributed by atoms with E-state index in [1.54, 1.807) is 17.0 Å². The Balaban J connectivity index is 1.61. The number of azide groups is 1. The minimum atomic E-state index is -4.93. The molecule has 4 atom stereocenters. The van der Waals surface area contributed by atoms with Crippen LogP contribution in [0.15, 0.2) is 53.6 Å². The Kier molecular flexibility index (Phi) is 6.55. The topological polar surface area (TPSA) is 87.5 Å². The van der Waals surface area contributed by atoms with Gasteiger partial charge in [0.25, 0.3) is 5.91 Å². The highest BCUT2D eigenvalue weighted by atomic mass is 19.4. The van der Waals surface area contributed by atoms with Crippen LogP contribution in [0, 0.1) is 5.82 Å². The van der Waals surface area contributed by atoms with Crippen LogP contribution in [-0.2, 0) is 20.7 Å². The Morgan fingerprint density at radius 1 is 1.18 bits per heavy atom. The van der Waals surface area contributed by atoms with Gasteiger partial charge in [-0.2, -0.15) is 0 Å². The second-order valence-corrected chi connectivity index (χ2v) is 7.87. The van der Waals surface area contributed by atoms with Crippen LogP contribution in [0.2, 0.25) is 0 Å². The molecule has 2 aromatic rings. The lowest BCUT2D eigenvalue weighted by atomic mass is 9.87. The predicted molar refractivity (Wildman–Crippen MR) is 108 cm³/mol. The molecule has 1 saturated heterocycles. The number of rotatable bonds is 4. The molecule has 1 amide bonds. The fraction of sp³-hybridized carbons (Fsp3) is 0.409. The van der Waals surface area contributed by atoms with Crippen molar-refractivity contribution in [2.24, 2.45) is 5.11 Å². The summed E-state index contributed by atoms with van der Waals surface area (Å²) in [5.74, 6) is -0.855. The SMILES string of the molecule is [N-]=[N+]=N[C@H]1C[C@H](C(=O)N2CCc3ccccc3[C@@H]2c2ccc(F)cc2)OC[C@@H]1OC(F)(F)F. The summed E-state index contributed by atoms with van der Waals surface area (Å²) in [4.78, 5) is 17.7. The van der Waals surface area contributed by atoms with E-state index in [9.17, 15) is 22.4 Å². The van der Waals surface area contributed by atoms with Crippen molar-refractivity contribution >= 4 is 5.91 Å². The minimum Gasteiger partial charge on any atom is -0.366 e. The summed E-state index contributed by atoms with van der Waals surface area (Å²) in [5, 5.41) is 3.41. The van der Waals surface area contributed by atoms with Crippen molar-refractivity contribution in [3.8, 4) is 0 Å². The molecule has 2 aromatic carbocycles. The van der Waals surface area contributed by atoms with E-state index in [1.807, 2.05) is 24.3 Å². The van der Waals surface area contributed by atoms with Crippen molar-refractivity contribution < 1.29 is 31.8 Å². The summed E-state index contributed by atoms with van der Waals surface area (Å²) in [6.45, 7) is -0.211. The maximum atomic E-state index is 13.5. The first-order valence-electron chi connectivity index (χ1n) is 10.3. The van der Waals surface area contributed by atoms with Crippen LogP contribution in [0.1, 0.15) is 29.2 Å². The lowest BCUT2D eigenvalue weighted by Crippen LogP contribution is -2.52. The molecule has 1 fully saturated rings. The molecule has 0 unspecified atom stereocenters. The maximum Gasteiger partial charge on any atom is 0.522 e. The molecule has 11 heteroatoms. The van der Waals surface area contributed by atoms with Gasteiger partial charge in [-0.1, -0.05) is 41.5 Å². The van der Waals surface area contributed by atoms with Gasteiger partial charge in [-0.15, -0.1) is 13.2 Å². The van der Waals surface area contributed by atoms with Gasteiger partial charge in [0, 0.05) is 11.5 Å². The monoisotopic (exact) mass is 464 g/mol. The number of alkyl halides is 3. The van der Waals surface area contributed by atoms with Crippen LogP contribution < -0.4 is 0 Å². The van der Waals surface area contributed by atoms with E-state index in [-0.39, 0.29) is 6.42 Å². The van der Waals surface area contributed by atoms with Gasteiger partial charge in [-0.25, -0.2) is 4.39 Å². The quantitative estimate of drug-likeness (QED) is 0.285. The number of carbonyl (C=O) groups is 1. The van der Waals surface area contributed by atoms with Crippen LogP contribution in [0.3, 0.4) is 0 Å². The second-order valence-electron chi connectivity index (χ2n) is 7.87. The van der Waals surface area contributed by atoms with Crippen LogP contribution >= 0.6 is 0 Å². The Bertz CT molecular complexity index is 1060. The third-order valence-corrected chi connectivity index (χ3v) is 5.86. The van der Waals surface area contributed by atoms with E-state index < -0.39 is 49.0 Å². The number of fused-ring (bicyclic) bond motifs is 1. The fourth-order valence-electron chi connectivity index (χ4n) is 4.40. The zero-order chi connectivity index (χ0) is 23.6. The van der Waals surface area contributed by atoms with Gasteiger partial charge in [0.05, 0.1) is 24.8 Å². The molecule has 0 saturated carbocycles. The first-order chi connectivity index (χ1) is 15.8. The van der Waals surface area contributed by atoms with Gasteiger partial charge in [0.1, 0.15) is 11.9 Å². The molecule has 2 heterocycles. The Labute approximate surface area is 186 Å². The molecule has 2 aliphatic heterocycles. The summed E-state index contributed by atoms with van der Waals surface area (Å²) < 4.78 is 61.1. The van der Waals surface area contributed by atoms with E-state index >= 15 is 0 Å². The van der Waals surface area contributed by atoms with Crippen LogP contribution in [0.4, 0.5) is 17.6 Å². The number of hydrogen-bond acceptors (Lipinski definition) is 4. The highest BCUT2D eigenvalue weighted by molar-refractivity contribution is 5.82. The standard InChI is InChI=1S/C22H20F4N4O3/c23-15-7-5-14(6-8-15)20-16-4-2-1-3-13(16)9-10-30(20)21(31)18-11-17(28-29-27)19(12-32-18)33-22(24,25)26/h1-8,17-20H,9-12H2/t17-,18+,19-,20-/m0/s1. The number of hydrogen-bond donors (Lipinski definition) is 0. The van der Waals surface area contributed by atoms with E-state index in [0.717, 1.165) is 11.1 Å². The van der Waals surface area contributed by atoms with Gasteiger partial charge in [0.15, 0.2) is 0 Å². The Morgan fingerprint density at radius 2 is 1.91 bits per heavy atom. The second kappa shape index (κ2) is 9.38. The molecule has 2 aliphatic rings. The van der Waals surface area contributed by atoms with Gasteiger partial charge < -0.3 is 9.64 Å². The summed E-state index contributed by atoms with van der Waals surface area (Å²) in [6, 6.07) is 11.7. The molecular weight excluding hydrogens is 444 g/mol. The van der Waals surface area contributed by atoms with Crippen LogP contribution in [-0.4, -0.2) is 48.6 Å². The number of amides is 1. The summed E-state index contributed by atoms with van der Waals surface area (Å²) in [6.07, 6.45) is -7.26. The summed E-state index contributed by atoms with van der Waals surface area (Å²) in [7, 11) is 0. The van der Waals surface area contributed by atoms with Gasteiger partial charge in [0.2, 0.25) is 0 Å². The molecule has 174 valence electrons. The lowest BCUT2D eigenvalue weighted by molar-refractivity contribution is -0.353. The molecule has 0 bridgehead atoms. The van der Waals surface area contributed by atoms with Crippen molar-refractivity contribution in [2.75, 3.05) is 13.2 Å². The van der Waals surface area contributed by atoms with E-state index in [4.69, 9.17) is 10.3 Å². The smallest absolute Gasteiger partial charge is 0.366 e. The van der Waals surface area contributed by atoms with Gasteiger partial charge in [-0.3, -0.25) is 9.53 Å². The van der Waals surface area contributed by atoms with Crippen molar-refractivity contribution in [3.63, 3.8) is 0 Å². The largest absolute Gasteiger partial charge is 0.522 e. The van der Waals surface area contributed by atoms with E-state index in [1.165, 1.54) is 12.1 Å². The highest BCUT2D eigenvalue weighted by Gasteiger charge is 2.44. The number of benzene rings is 2. The average Bonchev–Trinajstić information content (AvgIpc) is 2.79. The highest BCUT2D eigenvalue weighted by Crippen LogP contribution is 2.37. The van der Waals surface area contributed by atoms with E-state index in [0.29, 0.717) is 18.5 Å². The zero-order valence-corrected chi connectivity index (χ0v) is 17.3. The summed E-state index contributed by atoms with van der Waals surface area (Å²) >= 11 is 0. The third kappa shape index (κ3) is 5.11. The molecule has 0 spiro atoms. The fourth-order valence-corrected chi connectivity index (χ4v) is 4.40. The van der Waals surface area contributed by atoms with Crippen molar-refractivity contribution in [1.82, 2.24) is 4.90 Å². The normalized spacial score (nSPS) is 25.2. The third-order valence-electron chi connectivity index (χ3n) is 5.86. The number of nitrogens with zero attached hydrogens (tertiary/aromatic N) is 4.